The van der Waals surface area contributed by atoms with Crippen molar-refractivity contribution >= 4 is 5.97 Å². The minimum Gasteiger partial charge on any atom is -0.481 e. The maximum absolute atomic E-state index is 10.6. The Morgan fingerprint density at radius 1 is 1.64 bits per heavy atom. The minimum absolute atomic E-state index is 0.0820. The summed E-state index contributed by atoms with van der Waals surface area (Å²) in [5.74, 6) is -0.834. The highest BCUT2D eigenvalue weighted by Crippen LogP contribution is 2.49. The molecule has 1 N–H and O–H groups in total. The molecule has 3 unspecified atom stereocenters. The predicted octanol–water partition coefficient (Wildman–Crippen LogP) is 1.03. The highest BCUT2D eigenvalue weighted by molar-refractivity contribution is 5.70. The van der Waals surface area contributed by atoms with E-state index in [0.29, 0.717) is 12.5 Å². The summed E-state index contributed by atoms with van der Waals surface area (Å²) in [4.78, 5) is 10.6. The third-order valence-corrected chi connectivity index (χ3v) is 2.81. The summed E-state index contributed by atoms with van der Waals surface area (Å²) >= 11 is 0. The maximum Gasteiger partial charge on any atom is 0.306 e. The highest BCUT2D eigenvalue weighted by atomic mass is 16.6. The summed E-state index contributed by atoms with van der Waals surface area (Å²) in [7, 11) is 0. The number of carboxylic acids is 1. The number of rotatable bonds is 1. The van der Waals surface area contributed by atoms with Crippen molar-refractivity contribution in [1.29, 1.82) is 0 Å². The van der Waals surface area contributed by atoms with Crippen LogP contribution in [0.1, 0.15) is 26.2 Å². The van der Waals surface area contributed by atoms with Gasteiger partial charge in [-0.2, -0.15) is 0 Å². The second-order valence-corrected chi connectivity index (χ2v) is 3.74. The molecule has 0 aromatic carbocycles. The van der Waals surface area contributed by atoms with E-state index in [4.69, 9.17) is 9.84 Å². The van der Waals surface area contributed by atoms with E-state index in [1.54, 1.807) is 0 Å². The molecule has 3 atom stereocenters. The summed E-state index contributed by atoms with van der Waals surface area (Å²) in [6, 6.07) is 0. The first kappa shape index (κ1) is 7.10. The fourth-order valence-corrected chi connectivity index (χ4v) is 1.99. The van der Waals surface area contributed by atoms with Crippen molar-refractivity contribution in [2.45, 2.75) is 37.9 Å². The van der Waals surface area contributed by atoms with Gasteiger partial charge >= 0.3 is 5.97 Å². The number of aliphatic carboxylic acids is 1. The van der Waals surface area contributed by atoms with Crippen LogP contribution < -0.4 is 0 Å². The zero-order valence-electron chi connectivity index (χ0n) is 6.54. The summed E-state index contributed by atoms with van der Waals surface area (Å²) in [6.07, 6.45) is 2.77. The van der Waals surface area contributed by atoms with Crippen molar-refractivity contribution in [3.8, 4) is 0 Å². The third kappa shape index (κ3) is 1.03. The van der Waals surface area contributed by atoms with Gasteiger partial charge in [-0.1, -0.05) is 0 Å². The van der Waals surface area contributed by atoms with E-state index in [1.807, 2.05) is 6.92 Å². The molecular weight excluding hydrogens is 144 g/mol. The first-order chi connectivity index (χ1) is 5.12. The van der Waals surface area contributed by atoms with Crippen LogP contribution in [0.4, 0.5) is 0 Å². The fourth-order valence-electron chi connectivity index (χ4n) is 1.99. The van der Waals surface area contributed by atoms with Crippen molar-refractivity contribution in [2.24, 2.45) is 5.92 Å². The first-order valence-corrected chi connectivity index (χ1v) is 4.02. The predicted molar refractivity (Wildman–Crippen MR) is 38.3 cm³/mol. The van der Waals surface area contributed by atoms with Crippen LogP contribution in [0.15, 0.2) is 0 Å². The lowest BCUT2D eigenvalue weighted by Gasteiger charge is -2.18. The van der Waals surface area contributed by atoms with Crippen molar-refractivity contribution < 1.29 is 14.6 Å². The van der Waals surface area contributed by atoms with E-state index in [0.717, 1.165) is 12.8 Å². The number of hydrogen-bond donors (Lipinski definition) is 1. The number of ether oxygens (including phenoxy) is 1. The van der Waals surface area contributed by atoms with Gasteiger partial charge in [0.15, 0.2) is 0 Å². The van der Waals surface area contributed by atoms with Gasteiger partial charge < -0.3 is 9.84 Å². The van der Waals surface area contributed by atoms with Crippen molar-refractivity contribution in [1.82, 2.24) is 0 Å². The Bertz CT molecular complexity index is 202. The largest absolute Gasteiger partial charge is 0.481 e. The molecule has 0 spiro atoms. The zero-order valence-corrected chi connectivity index (χ0v) is 6.54. The molecular formula is C8H12O3. The Morgan fingerprint density at radius 2 is 2.36 bits per heavy atom. The van der Waals surface area contributed by atoms with E-state index in [2.05, 4.69) is 0 Å². The average molecular weight is 156 g/mol. The zero-order chi connectivity index (χ0) is 8.06. The molecule has 2 rings (SSSR count). The van der Waals surface area contributed by atoms with Crippen molar-refractivity contribution in [3.05, 3.63) is 0 Å². The molecule has 3 nitrogen and oxygen atoms in total. The van der Waals surface area contributed by atoms with Crippen LogP contribution >= 0.6 is 0 Å². The lowest BCUT2D eigenvalue weighted by atomic mass is 9.82. The second kappa shape index (κ2) is 1.97. The van der Waals surface area contributed by atoms with Gasteiger partial charge in [0.25, 0.3) is 0 Å². The Hall–Kier alpha value is -0.570. The van der Waals surface area contributed by atoms with Crippen LogP contribution in [0.5, 0.6) is 0 Å². The van der Waals surface area contributed by atoms with Crippen LogP contribution in [0.2, 0.25) is 0 Å². The van der Waals surface area contributed by atoms with Gasteiger partial charge in [-0.3, -0.25) is 4.79 Å². The van der Waals surface area contributed by atoms with Gasteiger partial charge in [0, 0.05) is 0 Å². The summed E-state index contributed by atoms with van der Waals surface area (Å²) in [5, 5.41) is 8.73. The van der Waals surface area contributed by atoms with Crippen LogP contribution in [-0.2, 0) is 9.53 Å². The Labute approximate surface area is 65.4 Å². The molecule has 1 aliphatic carbocycles. The van der Waals surface area contributed by atoms with Gasteiger partial charge in [-0.05, 0) is 26.2 Å². The molecule has 3 heteroatoms. The molecule has 1 heterocycles. The molecule has 1 saturated carbocycles. The average Bonchev–Trinajstić information content (AvgIpc) is 2.58. The lowest BCUT2D eigenvalue weighted by Crippen LogP contribution is -2.27. The van der Waals surface area contributed by atoms with Gasteiger partial charge in [-0.15, -0.1) is 0 Å². The van der Waals surface area contributed by atoms with E-state index in [9.17, 15) is 4.79 Å². The van der Waals surface area contributed by atoms with Crippen LogP contribution in [-0.4, -0.2) is 22.8 Å². The lowest BCUT2D eigenvalue weighted by molar-refractivity contribution is -0.142. The number of hydrogen-bond acceptors (Lipinski definition) is 2. The number of carboxylic acid groups (broad SMARTS) is 1. The van der Waals surface area contributed by atoms with E-state index in [1.165, 1.54) is 0 Å². The van der Waals surface area contributed by atoms with Crippen LogP contribution in [0.25, 0.3) is 0 Å². The Balaban J connectivity index is 2.02. The standard InChI is InChI=1S/C8H12O3/c1-8-4-5(7(9)10)2-3-6(8)11-8/h5-6H,2-4H2,1H3,(H,9,10). The van der Waals surface area contributed by atoms with Gasteiger partial charge in [0.1, 0.15) is 0 Å². The summed E-state index contributed by atoms with van der Waals surface area (Å²) < 4.78 is 5.38. The third-order valence-electron chi connectivity index (χ3n) is 2.81. The van der Waals surface area contributed by atoms with Crippen LogP contribution in [0, 0.1) is 5.92 Å². The molecule has 1 saturated heterocycles. The van der Waals surface area contributed by atoms with E-state index < -0.39 is 5.97 Å². The molecule has 0 aromatic heterocycles. The quantitative estimate of drug-likeness (QED) is 0.577. The second-order valence-electron chi connectivity index (χ2n) is 3.74. The van der Waals surface area contributed by atoms with Crippen molar-refractivity contribution in [3.63, 3.8) is 0 Å². The van der Waals surface area contributed by atoms with E-state index in [-0.39, 0.29) is 11.5 Å². The van der Waals surface area contributed by atoms with E-state index >= 15 is 0 Å². The minimum atomic E-state index is -0.667. The topological polar surface area (TPSA) is 49.8 Å². The number of epoxide rings is 1. The number of fused-ring (bicyclic) bond motifs is 1. The SMILES string of the molecule is CC12CC(C(=O)O)CCC1O2. The maximum atomic E-state index is 10.6. The Morgan fingerprint density at radius 3 is 2.91 bits per heavy atom. The molecule has 0 bridgehead atoms. The highest BCUT2D eigenvalue weighted by Gasteiger charge is 2.56. The molecule has 0 radical (unpaired) electrons. The summed E-state index contributed by atoms with van der Waals surface area (Å²) in [6.45, 7) is 2.01. The Kier molecular flexibility index (Phi) is 1.27. The number of carbonyl (C=O) groups is 1. The van der Waals surface area contributed by atoms with Gasteiger partial charge in [-0.25, -0.2) is 0 Å². The normalized spacial score (nSPS) is 48.1. The van der Waals surface area contributed by atoms with Crippen molar-refractivity contribution in [2.75, 3.05) is 0 Å². The molecule has 0 amide bonds. The van der Waals surface area contributed by atoms with Crippen LogP contribution in [0.3, 0.4) is 0 Å². The molecule has 2 fully saturated rings. The molecule has 2 aliphatic rings. The molecule has 62 valence electrons. The monoisotopic (exact) mass is 156 g/mol. The smallest absolute Gasteiger partial charge is 0.306 e. The fraction of sp³-hybridized carbons (Fsp3) is 0.875. The van der Waals surface area contributed by atoms with Gasteiger partial charge in [0.2, 0.25) is 0 Å². The molecule has 0 aromatic rings. The molecule has 1 aliphatic heterocycles. The first-order valence-electron chi connectivity index (χ1n) is 4.02. The van der Waals surface area contributed by atoms with Gasteiger partial charge in [0.05, 0.1) is 17.6 Å². The summed E-state index contributed by atoms with van der Waals surface area (Å²) in [5.41, 5.74) is -0.0820. The molecule has 11 heavy (non-hydrogen) atoms.